The van der Waals surface area contributed by atoms with Gasteiger partial charge >= 0.3 is 0 Å². The van der Waals surface area contributed by atoms with E-state index in [0.717, 1.165) is 24.8 Å². The van der Waals surface area contributed by atoms with E-state index in [2.05, 4.69) is 0 Å². The average molecular weight is 268 g/mol. The molecule has 1 amide bonds. The van der Waals surface area contributed by atoms with Gasteiger partial charge in [0, 0.05) is 24.9 Å². The molecule has 3 nitrogen and oxygen atoms in total. The van der Waals surface area contributed by atoms with Crippen molar-refractivity contribution in [3.8, 4) is 5.75 Å². The van der Waals surface area contributed by atoms with Gasteiger partial charge in [-0.05, 0) is 37.0 Å². The lowest BCUT2D eigenvalue weighted by molar-refractivity contribution is -0.132. The Hall–Kier alpha value is -1.22. The molecule has 4 heteroatoms. The van der Waals surface area contributed by atoms with Gasteiger partial charge in [-0.25, -0.2) is 0 Å². The van der Waals surface area contributed by atoms with Gasteiger partial charge in [0.2, 0.25) is 5.91 Å². The van der Waals surface area contributed by atoms with Gasteiger partial charge in [-0.2, -0.15) is 0 Å². The highest BCUT2D eigenvalue weighted by atomic mass is 35.5. The number of carbonyl (C=O) groups is 1. The lowest BCUT2D eigenvalue weighted by atomic mass is 10.2. The summed E-state index contributed by atoms with van der Waals surface area (Å²) in [5.41, 5.74) is 0.973. The fraction of sp³-hybridized carbons (Fsp3) is 0.500. The maximum Gasteiger partial charge on any atom is 0.223 e. The number of alkyl halides is 1. The number of phenols is 1. The normalized spacial score (nSPS) is 14.5. The summed E-state index contributed by atoms with van der Waals surface area (Å²) in [4.78, 5) is 14.0. The zero-order valence-corrected chi connectivity index (χ0v) is 11.1. The molecule has 1 N–H and O–H groups in total. The van der Waals surface area contributed by atoms with Gasteiger partial charge in [-0.15, -0.1) is 11.6 Å². The molecule has 0 atom stereocenters. The molecule has 0 bridgehead atoms. The molecule has 2 rings (SSSR count). The van der Waals surface area contributed by atoms with Crippen molar-refractivity contribution in [1.29, 1.82) is 0 Å². The molecule has 18 heavy (non-hydrogen) atoms. The number of phenolic OH excluding ortho intramolecular Hbond substituents is 1. The number of rotatable bonds is 6. The Morgan fingerprint density at radius 1 is 1.44 bits per heavy atom. The number of halogens is 1. The van der Waals surface area contributed by atoms with Crippen molar-refractivity contribution in [2.24, 2.45) is 0 Å². The van der Waals surface area contributed by atoms with Crippen LogP contribution in [-0.4, -0.2) is 27.8 Å². The van der Waals surface area contributed by atoms with E-state index in [0.29, 0.717) is 24.9 Å². The Morgan fingerprint density at radius 3 is 2.83 bits per heavy atom. The minimum absolute atomic E-state index is 0.168. The summed E-state index contributed by atoms with van der Waals surface area (Å²) < 4.78 is 0. The third-order valence-corrected chi connectivity index (χ3v) is 3.36. The molecule has 98 valence electrons. The Labute approximate surface area is 112 Å². The van der Waals surface area contributed by atoms with Crippen LogP contribution < -0.4 is 0 Å². The first-order valence-corrected chi connectivity index (χ1v) is 6.87. The fourth-order valence-corrected chi connectivity index (χ4v) is 2.15. The Bertz CT molecular complexity index is 418. The molecule has 1 aromatic rings. The van der Waals surface area contributed by atoms with E-state index in [9.17, 15) is 9.90 Å². The van der Waals surface area contributed by atoms with Crippen molar-refractivity contribution < 1.29 is 9.90 Å². The molecular weight excluding hydrogens is 250 g/mol. The summed E-state index contributed by atoms with van der Waals surface area (Å²) in [6.45, 7) is 0.584. The van der Waals surface area contributed by atoms with Crippen molar-refractivity contribution in [2.75, 3.05) is 5.88 Å². The van der Waals surface area contributed by atoms with Crippen LogP contribution in [-0.2, 0) is 11.3 Å². The van der Waals surface area contributed by atoms with E-state index < -0.39 is 0 Å². The predicted octanol–water partition coefficient (Wildman–Crippen LogP) is 2.90. The van der Waals surface area contributed by atoms with Crippen LogP contribution in [0, 0.1) is 0 Å². The second kappa shape index (κ2) is 6.10. The summed E-state index contributed by atoms with van der Waals surface area (Å²) in [7, 11) is 0. The van der Waals surface area contributed by atoms with Crippen LogP contribution in [0.1, 0.15) is 31.2 Å². The number of benzene rings is 1. The molecule has 1 saturated carbocycles. The number of amides is 1. The maximum absolute atomic E-state index is 12.1. The van der Waals surface area contributed by atoms with Crippen LogP contribution in [0.25, 0.3) is 0 Å². The molecule has 0 spiro atoms. The largest absolute Gasteiger partial charge is 0.508 e. The quantitative estimate of drug-likeness (QED) is 0.805. The topological polar surface area (TPSA) is 40.5 Å². The summed E-state index contributed by atoms with van der Waals surface area (Å²) >= 11 is 5.62. The van der Waals surface area contributed by atoms with Crippen LogP contribution in [0.15, 0.2) is 24.3 Å². The third-order valence-electron chi connectivity index (χ3n) is 3.10. The molecule has 1 aliphatic rings. The highest BCUT2D eigenvalue weighted by Gasteiger charge is 2.32. The second-order valence-corrected chi connectivity index (χ2v) is 5.09. The zero-order valence-electron chi connectivity index (χ0n) is 10.3. The van der Waals surface area contributed by atoms with E-state index in [4.69, 9.17) is 11.6 Å². The molecule has 0 radical (unpaired) electrons. The summed E-state index contributed by atoms with van der Waals surface area (Å²) in [6, 6.07) is 7.48. The van der Waals surface area contributed by atoms with Gasteiger partial charge < -0.3 is 10.0 Å². The molecule has 1 aromatic carbocycles. The van der Waals surface area contributed by atoms with Crippen LogP contribution >= 0.6 is 11.6 Å². The van der Waals surface area contributed by atoms with E-state index in [-0.39, 0.29) is 11.7 Å². The van der Waals surface area contributed by atoms with Crippen LogP contribution in [0.3, 0.4) is 0 Å². The SMILES string of the molecule is O=C(CCCCl)N(Cc1cccc(O)c1)C1CC1. The second-order valence-electron chi connectivity index (χ2n) is 4.72. The molecule has 0 heterocycles. The number of nitrogens with zero attached hydrogens (tertiary/aromatic N) is 1. The average Bonchev–Trinajstić information content (AvgIpc) is 3.17. The number of aromatic hydroxyl groups is 1. The van der Waals surface area contributed by atoms with E-state index >= 15 is 0 Å². The zero-order chi connectivity index (χ0) is 13.0. The van der Waals surface area contributed by atoms with Crippen LogP contribution in [0.4, 0.5) is 0 Å². The lowest BCUT2D eigenvalue weighted by Crippen LogP contribution is -2.32. The first-order chi connectivity index (χ1) is 8.70. The summed E-state index contributed by atoms with van der Waals surface area (Å²) in [6.07, 6.45) is 3.42. The number of hydrogen-bond acceptors (Lipinski definition) is 2. The van der Waals surface area contributed by atoms with E-state index in [1.54, 1.807) is 18.2 Å². The Morgan fingerprint density at radius 2 is 2.22 bits per heavy atom. The van der Waals surface area contributed by atoms with Gasteiger partial charge in [0.1, 0.15) is 5.75 Å². The minimum Gasteiger partial charge on any atom is -0.508 e. The summed E-state index contributed by atoms with van der Waals surface area (Å²) in [5.74, 6) is 0.939. The van der Waals surface area contributed by atoms with Crippen molar-refractivity contribution in [2.45, 2.75) is 38.3 Å². The molecule has 1 fully saturated rings. The van der Waals surface area contributed by atoms with Crippen molar-refractivity contribution in [3.63, 3.8) is 0 Å². The smallest absolute Gasteiger partial charge is 0.223 e. The van der Waals surface area contributed by atoms with Gasteiger partial charge in [0.15, 0.2) is 0 Å². The molecule has 0 saturated heterocycles. The number of carbonyl (C=O) groups excluding carboxylic acids is 1. The Kier molecular flexibility index (Phi) is 4.48. The first kappa shape index (κ1) is 13.2. The highest BCUT2D eigenvalue weighted by Crippen LogP contribution is 2.29. The van der Waals surface area contributed by atoms with Gasteiger partial charge in [0.25, 0.3) is 0 Å². The molecule has 0 unspecified atom stereocenters. The molecular formula is C14H18ClNO2. The predicted molar refractivity (Wildman–Crippen MR) is 71.6 cm³/mol. The first-order valence-electron chi connectivity index (χ1n) is 6.34. The summed E-state index contributed by atoms with van der Waals surface area (Å²) in [5, 5.41) is 9.44. The van der Waals surface area contributed by atoms with E-state index in [1.165, 1.54) is 0 Å². The lowest BCUT2D eigenvalue weighted by Gasteiger charge is -2.22. The molecule has 0 aromatic heterocycles. The van der Waals surface area contributed by atoms with Crippen molar-refractivity contribution in [1.82, 2.24) is 4.90 Å². The molecule has 1 aliphatic carbocycles. The Balaban J connectivity index is 2.00. The standard InChI is InChI=1S/C14H18ClNO2/c15-8-2-5-14(18)16(12-6-7-12)10-11-3-1-4-13(17)9-11/h1,3-4,9,12,17H,2,5-8,10H2. The minimum atomic E-state index is 0.168. The molecule has 0 aliphatic heterocycles. The maximum atomic E-state index is 12.1. The van der Waals surface area contributed by atoms with E-state index in [1.807, 2.05) is 11.0 Å². The monoisotopic (exact) mass is 267 g/mol. The highest BCUT2D eigenvalue weighted by molar-refractivity contribution is 6.17. The van der Waals surface area contributed by atoms with Crippen LogP contribution in [0.2, 0.25) is 0 Å². The van der Waals surface area contributed by atoms with Crippen molar-refractivity contribution in [3.05, 3.63) is 29.8 Å². The number of hydrogen-bond donors (Lipinski definition) is 1. The van der Waals surface area contributed by atoms with Crippen LogP contribution in [0.5, 0.6) is 5.75 Å². The van der Waals surface area contributed by atoms with Gasteiger partial charge in [-0.3, -0.25) is 4.79 Å². The van der Waals surface area contributed by atoms with Gasteiger partial charge in [-0.1, -0.05) is 12.1 Å². The van der Waals surface area contributed by atoms with Gasteiger partial charge in [0.05, 0.1) is 0 Å². The fourth-order valence-electron chi connectivity index (χ4n) is 2.02. The third kappa shape index (κ3) is 3.64. The van der Waals surface area contributed by atoms with Crippen molar-refractivity contribution >= 4 is 17.5 Å².